The lowest BCUT2D eigenvalue weighted by Gasteiger charge is -2.19. The van der Waals surface area contributed by atoms with Gasteiger partial charge in [0, 0.05) is 10.8 Å². The van der Waals surface area contributed by atoms with Gasteiger partial charge in [0.2, 0.25) is 0 Å². The lowest BCUT2D eigenvalue weighted by Crippen LogP contribution is -1.97. The van der Waals surface area contributed by atoms with Crippen molar-refractivity contribution in [2.75, 3.05) is 28.4 Å². The summed E-state index contributed by atoms with van der Waals surface area (Å²) in [6.45, 7) is 0. The topological polar surface area (TPSA) is 36.9 Å². The second-order valence-electron chi connectivity index (χ2n) is 5.10. The Kier molecular flexibility index (Phi) is 4.52. The molecule has 0 heterocycles. The molecule has 0 bridgehead atoms. The van der Waals surface area contributed by atoms with E-state index in [1.807, 2.05) is 12.1 Å². The lowest BCUT2D eigenvalue weighted by molar-refractivity contribution is 0.396. The van der Waals surface area contributed by atoms with E-state index >= 15 is 0 Å². The summed E-state index contributed by atoms with van der Waals surface area (Å²) >= 11 is 12.4. The number of methoxy groups -OCH3 is 4. The fourth-order valence-electron chi connectivity index (χ4n) is 2.97. The van der Waals surface area contributed by atoms with Crippen LogP contribution in [0.15, 0.2) is 24.3 Å². The van der Waals surface area contributed by atoms with Gasteiger partial charge in [0.25, 0.3) is 0 Å². The second kappa shape index (κ2) is 6.46. The smallest absolute Gasteiger partial charge is 0.138 e. The summed E-state index contributed by atoms with van der Waals surface area (Å²) in [5, 5.41) is 3.94. The van der Waals surface area contributed by atoms with Gasteiger partial charge < -0.3 is 18.9 Å². The van der Waals surface area contributed by atoms with Crippen LogP contribution in [0, 0.1) is 0 Å². The maximum absolute atomic E-state index is 6.21. The molecule has 0 aliphatic heterocycles. The van der Waals surface area contributed by atoms with E-state index < -0.39 is 0 Å². The molecule has 0 aromatic heterocycles. The predicted molar refractivity (Wildman–Crippen MR) is 97.7 cm³/mol. The monoisotopic (exact) mass is 366 g/mol. The molecule has 0 amide bonds. The maximum atomic E-state index is 6.21. The third kappa shape index (κ3) is 2.38. The summed E-state index contributed by atoms with van der Waals surface area (Å²) in [5.41, 5.74) is 0. The Balaban J connectivity index is 2.68. The maximum Gasteiger partial charge on any atom is 0.138 e. The summed E-state index contributed by atoms with van der Waals surface area (Å²) in [7, 11) is 6.41. The van der Waals surface area contributed by atoms with Gasteiger partial charge in [0.1, 0.15) is 23.0 Å². The third-order valence-electron chi connectivity index (χ3n) is 3.98. The van der Waals surface area contributed by atoms with Crippen molar-refractivity contribution in [2.24, 2.45) is 0 Å². The molecule has 0 aliphatic rings. The molecule has 6 heteroatoms. The van der Waals surface area contributed by atoms with Crippen molar-refractivity contribution < 1.29 is 18.9 Å². The van der Waals surface area contributed by atoms with Gasteiger partial charge in [-0.05, 0) is 24.3 Å². The molecule has 126 valence electrons. The van der Waals surface area contributed by atoms with E-state index in [2.05, 4.69) is 0 Å². The van der Waals surface area contributed by atoms with E-state index in [9.17, 15) is 0 Å². The molecule has 0 radical (unpaired) electrons. The van der Waals surface area contributed by atoms with Gasteiger partial charge >= 0.3 is 0 Å². The van der Waals surface area contributed by atoms with Crippen molar-refractivity contribution in [3.8, 4) is 23.0 Å². The molecular weight excluding hydrogens is 351 g/mol. The van der Waals surface area contributed by atoms with Gasteiger partial charge in [-0.3, -0.25) is 0 Å². The number of hydrogen-bond acceptors (Lipinski definition) is 4. The molecule has 0 spiro atoms. The van der Waals surface area contributed by atoms with E-state index in [1.165, 1.54) is 0 Å². The molecule has 0 saturated carbocycles. The highest BCUT2D eigenvalue weighted by Gasteiger charge is 2.22. The number of halogens is 2. The molecular formula is C18H16Cl2O4. The summed E-state index contributed by atoms with van der Waals surface area (Å²) in [5.74, 6) is 2.54. The van der Waals surface area contributed by atoms with Gasteiger partial charge in [0.15, 0.2) is 0 Å². The SMILES string of the molecule is COc1ccc(OC)c2c(OC)c3cc(Cl)c(Cl)cc3c(OC)c12. The molecule has 3 aromatic rings. The van der Waals surface area contributed by atoms with Gasteiger partial charge in [0.05, 0.1) is 49.3 Å². The number of hydrogen-bond donors (Lipinski definition) is 0. The Labute approximate surface area is 149 Å². The normalized spacial score (nSPS) is 10.9. The quantitative estimate of drug-likeness (QED) is 0.584. The average molecular weight is 367 g/mol. The Hall–Kier alpha value is -2.04. The highest BCUT2D eigenvalue weighted by atomic mass is 35.5. The van der Waals surface area contributed by atoms with Crippen LogP contribution in [-0.2, 0) is 0 Å². The number of fused-ring (bicyclic) bond motifs is 2. The minimum atomic E-state index is 0.436. The van der Waals surface area contributed by atoms with E-state index in [0.717, 1.165) is 21.5 Å². The second-order valence-corrected chi connectivity index (χ2v) is 5.91. The van der Waals surface area contributed by atoms with Crippen LogP contribution in [0.4, 0.5) is 0 Å². The largest absolute Gasteiger partial charge is 0.496 e. The van der Waals surface area contributed by atoms with Crippen LogP contribution in [-0.4, -0.2) is 28.4 Å². The molecule has 4 nitrogen and oxygen atoms in total. The van der Waals surface area contributed by atoms with Crippen LogP contribution in [0.1, 0.15) is 0 Å². The highest BCUT2D eigenvalue weighted by Crippen LogP contribution is 2.50. The predicted octanol–water partition coefficient (Wildman–Crippen LogP) is 5.33. The van der Waals surface area contributed by atoms with Crippen LogP contribution in [0.2, 0.25) is 10.0 Å². The highest BCUT2D eigenvalue weighted by molar-refractivity contribution is 6.43. The van der Waals surface area contributed by atoms with Crippen molar-refractivity contribution in [3.05, 3.63) is 34.3 Å². The number of benzene rings is 3. The molecule has 0 unspecified atom stereocenters. The minimum Gasteiger partial charge on any atom is -0.496 e. The zero-order valence-electron chi connectivity index (χ0n) is 13.7. The van der Waals surface area contributed by atoms with Crippen LogP contribution < -0.4 is 18.9 Å². The zero-order valence-corrected chi connectivity index (χ0v) is 15.2. The van der Waals surface area contributed by atoms with E-state index in [-0.39, 0.29) is 0 Å². The summed E-state index contributed by atoms with van der Waals surface area (Å²) in [4.78, 5) is 0. The molecule has 3 aromatic carbocycles. The molecule has 0 fully saturated rings. The molecule has 24 heavy (non-hydrogen) atoms. The van der Waals surface area contributed by atoms with Crippen LogP contribution in [0.3, 0.4) is 0 Å². The summed E-state index contributed by atoms with van der Waals surface area (Å²) in [6, 6.07) is 7.18. The molecule has 0 N–H and O–H groups in total. The molecule has 0 aliphatic carbocycles. The number of ether oxygens (including phenoxy) is 4. The first kappa shape index (κ1) is 16.8. The fraction of sp³-hybridized carbons (Fsp3) is 0.222. The standard InChI is InChI=1S/C18H16Cl2O4/c1-21-13-5-6-14(22-2)16-15(13)17(23-3)9-7-11(19)12(20)8-10(9)18(16)24-4/h5-8H,1-4H3. The van der Waals surface area contributed by atoms with Crippen molar-refractivity contribution >= 4 is 44.7 Å². The van der Waals surface area contributed by atoms with Crippen molar-refractivity contribution in [1.82, 2.24) is 0 Å². The fourth-order valence-corrected chi connectivity index (χ4v) is 3.30. The van der Waals surface area contributed by atoms with Crippen LogP contribution in [0.5, 0.6) is 23.0 Å². The lowest BCUT2D eigenvalue weighted by atomic mass is 9.99. The van der Waals surface area contributed by atoms with E-state index in [1.54, 1.807) is 40.6 Å². The van der Waals surface area contributed by atoms with Crippen molar-refractivity contribution in [2.45, 2.75) is 0 Å². The van der Waals surface area contributed by atoms with Gasteiger partial charge in [-0.25, -0.2) is 0 Å². The first-order chi connectivity index (χ1) is 11.6. The van der Waals surface area contributed by atoms with Gasteiger partial charge in [-0.15, -0.1) is 0 Å². The molecule has 0 saturated heterocycles. The Morgan fingerprint density at radius 2 is 1.00 bits per heavy atom. The molecule has 0 atom stereocenters. The Bertz CT molecular complexity index is 862. The average Bonchev–Trinajstić information content (AvgIpc) is 2.60. The summed E-state index contributed by atoms with van der Waals surface area (Å²) in [6.07, 6.45) is 0. The van der Waals surface area contributed by atoms with Gasteiger partial charge in [-0.2, -0.15) is 0 Å². The van der Waals surface area contributed by atoms with Crippen LogP contribution in [0.25, 0.3) is 21.5 Å². The zero-order chi connectivity index (χ0) is 17.4. The first-order valence-corrected chi connectivity index (χ1v) is 7.90. The van der Waals surface area contributed by atoms with Crippen molar-refractivity contribution in [1.29, 1.82) is 0 Å². The third-order valence-corrected chi connectivity index (χ3v) is 4.70. The van der Waals surface area contributed by atoms with Crippen molar-refractivity contribution in [3.63, 3.8) is 0 Å². The molecule has 3 rings (SSSR count). The van der Waals surface area contributed by atoms with Gasteiger partial charge in [-0.1, -0.05) is 23.2 Å². The number of rotatable bonds is 4. The first-order valence-electron chi connectivity index (χ1n) is 7.14. The Morgan fingerprint density at radius 3 is 1.29 bits per heavy atom. The Morgan fingerprint density at radius 1 is 0.625 bits per heavy atom. The van der Waals surface area contributed by atoms with Crippen LogP contribution >= 0.6 is 23.2 Å². The van der Waals surface area contributed by atoms with E-state index in [0.29, 0.717) is 33.0 Å². The van der Waals surface area contributed by atoms with E-state index in [4.69, 9.17) is 42.1 Å². The summed E-state index contributed by atoms with van der Waals surface area (Å²) < 4.78 is 22.4. The minimum absolute atomic E-state index is 0.436.